The highest BCUT2D eigenvalue weighted by atomic mass is 32.1. The molecule has 0 aliphatic carbocycles. The van der Waals surface area contributed by atoms with Crippen LogP contribution in [0.2, 0.25) is 0 Å². The van der Waals surface area contributed by atoms with Gasteiger partial charge in [0.05, 0.1) is 12.1 Å². The molecule has 0 radical (unpaired) electrons. The summed E-state index contributed by atoms with van der Waals surface area (Å²) in [6.07, 6.45) is 0.216. The Hall–Kier alpha value is -2.99. The van der Waals surface area contributed by atoms with Gasteiger partial charge in [0.2, 0.25) is 11.8 Å². The molecule has 0 saturated carbocycles. The van der Waals surface area contributed by atoms with Crippen molar-refractivity contribution >= 4 is 34.5 Å². The Kier molecular flexibility index (Phi) is 6.21. The molecule has 3 aromatic rings. The summed E-state index contributed by atoms with van der Waals surface area (Å²) in [5.41, 5.74) is 4.48. The van der Waals surface area contributed by atoms with Crippen molar-refractivity contribution in [3.05, 3.63) is 65.2 Å². The van der Waals surface area contributed by atoms with Crippen molar-refractivity contribution < 1.29 is 9.59 Å². The Morgan fingerprint density at radius 2 is 1.57 bits per heavy atom. The summed E-state index contributed by atoms with van der Waals surface area (Å²) in [5.74, 6) is 0.242. The normalized spacial score (nSPS) is 10.7. The predicted octanol–water partition coefficient (Wildman–Crippen LogP) is 5.07. The van der Waals surface area contributed by atoms with Crippen molar-refractivity contribution in [3.63, 3.8) is 0 Å². The summed E-state index contributed by atoms with van der Waals surface area (Å²) in [6.45, 7) is 5.79. The maximum atomic E-state index is 12.3. The van der Waals surface area contributed by atoms with Gasteiger partial charge >= 0.3 is 0 Å². The smallest absolute Gasteiger partial charge is 0.230 e. The van der Waals surface area contributed by atoms with Gasteiger partial charge in [-0.1, -0.05) is 38.1 Å². The average molecular weight is 394 g/mol. The first-order valence-corrected chi connectivity index (χ1v) is 10.0. The third kappa shape index (κ3) is 5.27. The minimum absolute atomic E-state index is 0.126. The number of hydrogen-bond donors (Lipinski definition) is 2. The van der Waals surface area contributed by atoms with Gasteiger partial charge in [0.15, 0.2) is 0 Å². The van der Waals surface area contributed by atoms with Crippen LogP contribution in [-0.4, -0.2) is 16.8 Å². The molecule has 5 nitrogen and oxygen atoms in total. The fraction of sp³-hybridized carbons (Fsp3) is 0.227. The fourth-order valence-electron chi connectivity index (χ4n) is 2.74. The van der Waals surface area contributed by atoms with Gasteiger partial charge in [-0.25, -0.2) is 4.98 Å². The molecule has 6 heteroatoms. The summed E-state index contributed by atoms with van der Waals surface area (Å²) in [6, 6.07) is 15.4. The maximum absolute atomic E-state index is 12.3. The Morgan fingerprint density at radius 1 is 0.964 bits per heavy atom. The first-order chi connectivity index (χ1) is 13.4. The second-order valence-electron chi connectivity index (χ2n) is 6.90. The zero-order valence-corrected chi connectivity index (χ0v) is 17.0. The molecule has 3 rings (SSSR count). The van der Waals surface area contributed by atoms with E-state index >= 15 is 0 Å². The van der Waals surface area contributed by atoms with Crippen LogP contribution < -0.4 is 10.6 Å². The number of nitrogens with zero attached hydrogens (tertiary/aromatic N) is 1. The molecule has 0 aliphatic heterocycles. The molecule has 0 atom stereocenters. The third-order valence-electron chi connectivity index (χ3n) is 4.21. The average Bonchev–Trinajstić information content (AvgIpc) is 3.11. The van der Waals surface area contributed by atoms with Crippen molar-refractivity contribution in [3.8, 4) is 10.6 Å². The van der Waals surface area contributed by atoms with Crippen LogP contribution in [0.15, 0.2) is 53.9 Å². The van der Waals surface area contributed by atoms with E-state index in [0.29, 0.717) is 17.3 Å². The highest BCUT2D eigenvalue weighted by Crippen LogP contribution is 2.26. The number of anilines is 2. The molecule has 0 spiro atoms. The van der Waals surface area contributed by atoms with E-state index in [-0.39, 0.29) is 18.2 Å². The summed E-state index contributed by atoms with van der Waals surface area (Å²) in [7, 11) is 0. The van der Waals surface area contributed by atoms with Crippen LogP contribution in [0.4, 0.5) is 11.4 Å². The Bertz CT molecular complexity index is 960. The van der Waals surface area contributed by atoms with Gasteiger partial charge in [0.25, 0.3) is 0 Å². The SMILES string of the molecule is CC(=O)Nc1ccc(NC(=O)Cc2csc(-c3ccc(C(C)C)cc3)n2)cc1. The molecule has 0 unspecified atom stereocenters. The molecule has 0 fully saturated rings. The van der Waals surface area contributed by atoms with Crippen LogP contribution in [0.3, 0.4) is 0 Å². The van der Waals surface area contributed by atoms with Gasteiger partial charge in [-0.15, -0.1) is 11.3 Å². The van der Waals surface area contributed by atoms with Crippen molar-refractivity contribution in [2.45, 2.75) is 33.1 Å². The van der Waals surface area contributed by atoms with E-state index in [1.165, 1.54) is 12.5 Å². The molecule has 144 valence electrons. The maximum Gasteiger partial charge on any atom is 0.230 e. The molecular formula is C22H23N3O2S. The van der Waals surface area contributed by atoms with Crippen LogP contribution in [0, 0.1) is 0 Å². The Morgan fingerprint density at radius 3 is 2.14 bits per heavy atom. The minimum atomic E-state index is -0.130. The first kappa shape index (κ1) is 19.8. The number of carbonyl (C=O) groups excluding carboxylic acids is 2. The Labute approximate surface area is 168 Å². The van der Waals surface area contributed by atoms with Gasteiger partial charge in [-0.3, -0.25) is 9.59 Å². The summed E-state index contributed by atoms with van der Waals surface area (Å²) >= 11 is 1.54. The quantitative estimate of drug-likeness (QED) is 0.614. The fourth-order valence-corrected chi connectivity index (χ4v) is 3.57. The number of amides is 2. The third-order valence-corrected chi connectivity index (χ3v) is 5.15. The lowest BCUT2D eigenvalue weighted by Gasteiger charge is -2.06. The molecule has 28 heavy (non-hydrogen) atoms. The summed E-state index contributed by atoms with van der Waals surface area (Å²) in [4.78, 5) is 27.9. The molecular weight excluding hydrogens is 370 g/mol. The van der Waals surface area contributed by atoms with Crippen molar-refractivity contribution in [2.24, 2.45) is 0 Å². The molecule has 0 aliphatic rings. The second kappa shape index (κ2) is 8.80. The zero-order valence-electron chi connectivity index (χ0n) is 16.2. The number of benzene rings is 2. The van der Waals surface area contributed by atoms with Crippen molar-refractivity contribution in [1.29, 1.82) is 0 Å². The van der Waals surface area contributed by atoms with Crippen molar-refractivity contribution in [1.82, 2.24) is 4.98 Å². The molecule has 2 amide bonds. The molecule has 2 N–H and O–H groups in total. The molecule has 1 aromatic heterocycles. The number of thiazole rings is 1. The van der Waals surface area contributed by atoms with Crippen LogP contribution in [-0.2, 0) is 16.0 Å². The lowest BCUT2D eigenvalue weighted by atomic mass is 10.0. The van der Waals surface area contributed by atoms with Gasteiger partial charge in [0, 0.05) is 29.2 Å². The monoisotopic (exact) mass is 393 g/mol. The predicted molar refractivity (Wildman–Crippen MR) is 115 cm³/mol. The summed E-state index contributed by atoms with van der Waals surface area (Å²) < 4.78 is 0. The largest absolute Gasteiger partial charge is 0.326 e. The van der Waals surface area contributed by atoms with E-state index in [1.54, 1.807) is 35.6 Å². The van der Waals surface area contributed by atoms with E-state index in [0.717, 1.165) is 16.3 Å². The van der Waals surface area contributed by atoms with Gasteiger partial charge in [0.1, 0.15) is 5.01 Å². The van der Waals surface area contributed by atoms with Crippen LogP contribution in [0.5, 0.6) is 0 Å². The highest BCUT2D eigenvalue weighted by Gasteiger charge is 2.10. The van der Waals surface area contributed by atoms with Crippen LogP contribution >= 0.6 is 11.3 Å². The Balaban J connectivity index is 1.60. The number of carbonyl (C=O) groups is 2. The highest BCUT2D eigenvalue weighted by molar-refractivity contribution is 7.13. The van der Waals surface area contributed by atoms with Gasteiger partial charge in [-0.2, -0.15) is 0 Å². The summed E-state index contributed by atoms with van der Waals surface area (Å²) in [5, 5.41) is 8.38. The minimum Gasteiger partial charge on any atom is -0.326 e. The van der Waals surface area contributed by atoms with Crippen LogP contribution in [0.25, 0.3) is 10.6 Å². The van der Waals surface area contributed by atoms with E-state index in [2.05, 4.69) is 53.7 Å². The molecule has 0 saturated heterocycles. The number of rotatable bonds is 6. The second-order valence-corrected chi connectivity index (χ2v) is 7.76. The van der Waals surface area contributed by atoms with E-state index in [1.807, 2.05) is 5.38 Å². The topological polar surface area (TPSA) is 71.1 Å². The molecule has 2 aromatic carbocycles. The van der Waals surface area contributed by atoms with E-state index in [4.69, 9.17) is 0 Å². The first-order valence-electron chi connectivity index (χ1n) is 9.13. The molecule has 1 heterocycles. The van der Waals surface area contributed by atoms with E-state index in [9.17, 15) is 9.59 Å². The number of hydrogen-bond acceptors (Lipinski definition) is 4. The number of aromatic nitrogens is 1. The zero-order chi connectivity index (χ0) is 20.1. The van der Waals surface area contributed by atoms with Crippen molar-refractivity contribution in [2.75, 3.05) is 10.6 Å². The lowest BCUT2D eigenvalue weighted by Crippen LogP contribution is -2.14. The standard InChI is InChI=1S/C22H23N3O2S/c1-14(2)16-4-6-17(7-5-16)22-25-20(13-28-22)12-21(27)24-19-10-8-18(9-11-19)23-15(3)26/h4-11,13-14H,12H2,1-3H3,(H,23,26)(H,24,27). The van der Waals surface area contributed by atoms with E-state index < -0.39 is 0 Å². The number of nitrogens with one attached hydrogen (secondary N) is 2. The van der Waals surface area contributed by atoms with Gasteiger partial charge < -0.3 is 10.6 Å². The van der Waals surface area contributed by atoms with Gasteiger partial charge in [-0.05, 0) is 35.7 Å². The molecule has 0 bridgehead atoms. The lowest BCUT2D eigenvalue weighted by molar-refractivity contribution is -0.116. The van der Waals surface area contributed by atoms with Crippen LogP contribution in [0.1, 0.15) is 37.9 Å².